The van der Waals surface area contributed by atoms with Gasteiger partial charge in [-0.2, -0.15) is 4.31 Å². The van der Waals surface area contributed by atoms with E-state index >= 15 is 0 Å². The predicted molar refractivity (Wildman–Crippen MR) is 185 cm³/mol. The molecule has 2 atom stereocenters. The Morgan fingerprint density at radius 2 is 1.96 bits per heavy atom. The molecule has 3 N–H and O–H groups in total. The third-order valence-electron chi connectivity index (χ3n) is 8.93. The van der Waals surface area contributed by atoms with E-state index in [-0.39, 0.29) is 41.7 Å². The smallest absolute Gasteiger partial charge is 0.239 e. The molecule has 0 radical (unpaired) electrons. The molecular weight excluding hydrogens is 630 g/mol. The summed E-state index contributed by atoms with van der Waals surface area (Å²) in [5.74, 6) is 0.188. The van der Waals surface area contributed by atoms with E-state index in [0.717, 1.165) is 38.9 Å². The number of hydrogen-bond donors (Lipinski definition) is 3. The molecule has 3 aromatic heterocycles. The number of nitrogens with zero attached hydrogens (tertiary/aromatic N) is 6. The Morgan fingerprint density at radius 1 is 1.12 bits per heavy atom. The van der Waals surface area contributed by atoms with Gasteiger partial charge in [-0.15, -0.1) is 15.9 Å². The van der Waals surface area contributed by atoms with Gasteiger partial charge in [-0.05, 0) is 79.3 Å². The highest BCUT2D eigenvalue weighted by Crippen LogP contribution is 2.57. The molecule has 252 valence electrons. The lowest BCUT2D eigenvalue weighted by Gasteiger charge is -2.41. The van der Waals surface area contributed by atoms with Gasteiger partial charge in [0.2, 0.25) is 17.7 Å². The summed E-state index contributed by atoms with van der Waals surface area (Å²) in [6, 6.07) is 17.0. The van der Waals surface area contributed by atoms with Gasteiger partial charge in [0.25, 0.3) is 0 Å². The number of aryl methyl sites for hydroxylation is 3. The number of aromatic nitrogens is 5. The topological polar surface area (TPSA) is 148 Å². The van der Waals surface area contributed by atoms with Gasteiger partial charge in [0.05, 0.1) is 31.1 Å². The van der Waals surface area contributed by atoms with Gasteiger partial charge in [-0.3, -0.25) is 13.9 Å². The van der Waals surface area contributed by atoms with Gasteiger partial charge < -0.3 is 14.8 Å². The first-order chi connectivity index (χ1) is 23.1. The van der Waals surface area contributed by atoms with E-state index in [4.69, 9.17) is 9.47 Å². The van der Waals surface area contributed by atoms with Crippen molar-refractivity contribution in [2.24, 2.45) is 0 Å². The Hall–Kier alpha value is -4.56. The Bertz CT molecular complexity index is 1930. The third kappa shape index (κ3) is 6.59. The molecule has 0 bridgehead atoms. The molecule has 48 heavy (non-hydrogen) atoms. The zero-order valence-corrected chi connectivity index (χ0v) is 28.6. The van der Waals surface area contributed by atoms with Gasteiger partial charge in [-0.25, -0.2) is 14.6 Å². The molecule has 0 spiro atoms. The van der Waals surface area contributed by atoms with Crippen molar-refractivity contribution in [2.75, 3.05) is 19.0 Å². The third-order valence-corrected chi connectivity index (χ3v) is 10.8. The van der Waals surface area contributed by atoms with Crippen LogP contribution in [0.2, 0.25) is 0 Å². The Morgan fingerprint density at radius 3 is 2.69 bits per heavy atom. The highest BCUT2D eigenvalue weighted by atomic mass is 32.3. The number of carbonyl (C=O) groups excluding carboxylic acids is 1. The van der Waals surface area contributed by atoms with Crippen LogP contribution in [0.25, 0.3) is 11.0 Å². The molecule has 1 amide bonds. The number of methoxy groups -OCH3 is 1. The second kappa shape index (κ2) is 13.9. The van der Waals surface area contributed by atoms with Crippen LogP contribution in [-0.4, -0.2) is 64.0 Å². The normalized spacial score (nSPS) is 17.2. The molecule has 2 unspecified atom stereocenters. The van der Waals surface area contributed by atoms with Gasteiger partial charge >= 0.3 is 0 Å². The van der Waals surface area contributed by atoms with Crippen LogP contribution in [0.15, 0.2) is 71.9 Å². The largest absolute Gasteiger partial charge is 0.481 e. The molecule has 2 aromatic carbocycles. The fraction of sp³-hybridized carbons (Fsp3) is 0.343. The Kier molecular flexibility index (Phi) is 9.65. The Labute approximate surface area is 281 Å². The average Bonchev–Trinajstić information content (AvgIpc) is 3.48. The molecule has 1 aliphatic heterocycles. The fourth-order valence-electron chi connectivity index (χ4n) is 6.15. The van der Waals surface area contributed by atoms with Gasteiger partial charge in [-0.1, -0.05) is 36.4 Å². The van der Waals surface area contributed by atoms with Crippen LogP contribution >= 0.6 is 10.8 Å². The second-order valence-corrected chi connectivity index (χ2v) is 13.9. The number of ether oxygens (including phenoxy) is 2. The van der Waals surface area contributed by atoms with Gasteiger partial charge in [0.1, 0.15) is 16.5 Å². The van der Waals surface area contributed by atoms with Crippen LogP contribution in [0.1, 0.15) is 60.4 Å². The van der Waals surface area contributed by atoms with Gasteiger partial charge in [0, 0.05) is 37.7 Å². The summed E-state index contributed by atoms with van der Waals surface area (Å²) in [7, 11) is -1.86. The van der Waals surface area contributed by atoms with Crippen molar-refractivity contribution in [3.8, 4) is 11.8 Å². The fourth-order valence-corrected chi connectivity index (χ4v) is 7.72. The summed E-state index contributed by atoms with van der Waals surface area (Å²) in [5, 5.41) is 11.8. The first kappa shape index (κ1) is 33.3. The zero-order valence-electron chi connectivity index (χ0n) is 27.8. The standard InChI is InChI=1S/C35H41N7O5S/c1-6-27-21-41(48(44,45)31-9-8-16-36-35(31)47-27)20-25-17-24(11-10-22(25)3)29(18-32(43)38-26-12-15-33(46-5)37-19-26)28-13-14-30-34(23(28)4)39-40-42(30)7-2/h8-17,19,27,29,44-45H,6-7,18,20-21H2,1-5H3,(H,38,43). The molecule has 0 fully saturated rings. The maximum Gasteiger partial charge on any atom is 0.239 e. The minimum atomic E-state index is -3.40. The van der Waals surface area contributed by atoms with Crippen molar-refractivity contribution in [1.29, 1.82) is 0 Å². The average molecular weight is 672 g/mol. The number of anilines is 1. The number of benzene rings is 2. The Balaban J connectivity index is 1.38. The SMILES string of the molecule is CCC1CN(Cc2cc(C(CC(=O)Nc3ccc(OC)nc3)c3ccc4c(nnn4CC)c3C)ccc2C)S(O)(O)c2cccnc2O1. The summed E-state index contributed by atoms with van der Waals surface area (Å²) in [6.07, 6.45) is 3.70. The first-order valence-electron chi connectivity index (χ1n) is 16.0. The van der Waals surface area contributed by atoms with E-state index in [1.54, 1.807) is 48.1 Å². The summed E-state index contributed by atoms with van der Waals surface area (Å²) < 4.78 is 38.0. The lowest BCUT2D eigenvalue weighted by atomic mass is 9.84. The van der Waals surface area contributed by atoms with Crippen LogP contribution in [-0.2, 0) is 17.9 Å². The molecule has 0 saturated carbocycles. The maximum atomic E-state index is 13.6. The van der Waals surface area contributed by atoms with E-state index in [0.29, 0.717) is 31.1 Å². The quantitative estimate of drug-likeness (QED) is 0.146. The molecular formula is C35H41N7O5S. The number of hydrogen-bond acceptors (Lipinski definition) is 10. The van der Waals surface area contributed by atoms with Crippen LogP contribution in [0.4, 0.5) is 5.69 Å². The highest BCUT2D eigenvalue weighted by Gasteiger charge is 2.36. The predicted octanol–water partition coefficient (Wildman–Crippen LogP) is 6.73. The van der Waals surface area contributed by atoms with Crippen LogP contribution in [0.5, 0.6) is 11.8 Å². The van der Waals surface area contributed by atoms with E-state index in [2.05, 4.69) is 37.7 Å². The summed E-state index contributed by atoms with van der Waals surface area (Å²) in [5.41, 5.74) is 7.03. The van der Waals surface area contributed by atoms with E-state index < -0.39 is 10.8 Å². The second-order valence-electron chi connectivity index (χ2n) is 11.9. The van der Waals surface area contributed by atoms with Crippen molar-refractivity contribution >= 4 is 33.4 Å². The maximum absolute atomic E-state index is 13.6. The number of rotatable bonds is 10. The molecule has 5 aromatic rings. The molecule has 12 nitrogen and oxygen atoms in total. The summed E-state index contributed by atoms with van der Waals surface area (Å²) >= 11 is 0. The van der Waals surface area contributed by atoms with Crippen molar-refractivity contribution in [3.05, 3.63) is 94.8 Å². The minimum Gasteiger partial charge on any atom is -0.481 e. The zero-order chi connectivity index (χ0) is 34.0. The lowest BCUT2D eigenvalue weighted by Crippen LogP contribution is -2.34. The molecule has 0 saturated heterocycles. The monoisotopic (exact) mass is 671 g/mol. The minimum absolute atomic E-state index is 0.145. The van der Waals surface area contributed by atoms with Crippen molar-refractivity contribution in [1.82, 2.24) is 29.3 Å². The van der Waals surface area contributed by atoms with Crippen LogP contribution in [0.3, 0.4) is 0 Å². The summed E-state index contributed by atoms with van der Waals surface area (Å²) in [6.45, 7) is 9.31. The van der Waals surface area contributed by atoms with Gasteiger partial charge in [0.15, 0.2) is 0 Å². The van der Waals surface area contributed by atoms with E-state index in [1.165, 1.54) is 0 Å². The number of pyridine rings is 2. The molecule has 6 rings (SSSR count). The van der Waals surface area contributed by atoms with Crippen molar-refractivity contribution < 1.29 is 23.4 Å². The van der Waals surface area contributed by atoms with Crippen LogP contribution < -0.4 is 14.8 Å². The number of nitrogens with one attached hydrogen (secondary N) is 1. The number of carbonyl (C=O) groups is 1. The molecule has 0 aliphatic carbocycles. The number of fused-ring (bicyclic) bond motifs is 2. The van der Waals surface area contributed by atoms with Crippen LogP contribution in [0, 0.1) is 13.8 Å². The number of amides is 1. The highest BCUT2D eigenvalue weighted by molar-refractivity contribution is 8.22. The molecule has 4 heterocycles. The lowest BCUT2D eigenvalue weighted by molar-refractivity contribution is -0.116. The first-order valence-corrected chi connectivity index (χ1v) is 17.5. The summed E-state index contributed by atoms with van der Waals surface area (Å²) in [4.78, 5) is 22.4. The van der Waals surface area contributed by atoms with E-state index in [9.17, 15) is 13.9 Å². The molecule has 13 heteroatoms. The molecule has 1 aliphatic rings. The van der Waals surface area contributed by atoms with Crippen molar-refractivity contribution in [2.45, 2.75) is 70.5 Å². The van der Waals surface area contributed by atoms with Crippen molar-refractivity contribution in [3.63, 3.8) is 0 Å². The van der Waals surface area contributed by atoms with E-state index in [1.807, 2.05) is 50.6 Å².